The largest absolute Gasteiger partial charge is 0.497 e. The summed E-state index contributed by atoms with van der Waals surface area (Å²) in [6.07, 6.45) is 3.38. The van der Waals surface area contributed by atoms with Gasteiger partial charge in [-0.2, -0.15) is 0 Å². The van der Waals surface area contributed by atoms with Crippen LogP contribution in [0.4, 0.5) is 0 Å². The fraction of sp³-hybridized carbons (Fsp3) is 0.304. The molecule has 3 heteroatoms. The van der Waals surface area contributed by atoms with E-state index in [9.17, 15) is 0 Å². The molecule has 0 N–H and O–H groups in total. The first kappa shape index (κ1) is 16.9. The fourth-order valence-electron chi connectivity index (χ4n) is 4.00. The van der Waals surface area contributed by atoms with E-state index in [-0.39, 0.29) is 6.04 Å². The SMILES string of the molecule is COc1ccc(CN2CCCn3cccc3[C@@H]2c2cccc(C)c2)cc1. The van der Waals surface area contributed by atoms with Crippen LogP contribution in [0.15, 0.2) is 66.9 Å². The third kappa shape index (κ3) is 3.40. The van der Waals surface area contributed by atoms with E-state index in [1.807, 2.05) is 0 Å². The van der Waals surface area contributed by atoms with Gasteiger partial charge in [0.15, 0.2) is 0 Å². The van der Waals surface area contributed by atoms with E-state index in [1.165, 1.54) is 28.8 Å². The predicted octanol–water partition coefficient (Wildman–Crippen LogP) is 4.80. The Bertz CT molecular complexity index is 866. The molecule has 0 radical (unpaired) electrons. The minimum Gasteiger partial charge on any atom is -0.497 e. The normalized spacial score (nSPS) is 17.5. The van der Waals surface area contributed by atoms with Crippen molar-refractivity contribution in [3.05, 3.63) is 89.2 Å². The van der Waals surface area contributed by atoms with Gasteiger partial charge in [-0.05, 0) is 48.7 Å². The highest BCUT2D eigenvalue weighted by atomic mass is 16.5. The molecule has 0 fully saturated rings. The molecule has 0 aliphatic carbocycles. The van der Waals surface area contributed by atoms with Gasteiger partial charge in [-0.3, -0.25) is 4.90 Å². The van der Waals surface area contributed by atoms with E-state index in [0.29, 0.717) is 0 Å². The van der Waals surface area contributed by atoms with Gasteiger partial charge in [-0.15, -0.1) is 0 Å². The van der Waals surface area contributed by atoms with Gasteiger partial charge < -0.3 is 9.30 Å². The summed E-state index contributed by atoms with van der Waals surface area (Å²) < 4.78 is 7.72. The van der Waals surface area contributed by atoms with Crippen molar-refractivity contribution in [2.75, 3.05) is 13.7 Å². The quantitative estimate of drug-likeness (QED) is 0.675. The molecule has 0 unspecified atom stereocenters. The van der Waals surface area contributed by atoms with Crippen LogP contribution >= 0.6 is 0 Å². The number of fused-ring (bicyclic) bond motifs is 1. The van der Waals surface area contributed by atoms with Crippen molar-refractivity contribution in [2.45, 2.75) is 32.5 Å². The molecular weight excluding hydrogens is 320 g/mol. The number of aromatic nitrogens is 1. The number of rotatable bonds is 4. The van der Waals surface area contributed by atoms with Crippen LogP contribution in [0.5, 0.6) is 5.75 Å². The molecule has 0 saturated carbocycles. The molecule has 1 aliphatic heterocycles. The monoisotopic (exact) mass is 346 g/mol. The van der Waals surface area contributed by atoms with E-state index in [4.69, 9.17) is 4.74 Å². The molecule has 134 valence electrons. The molecule has 1 aromatic heterocycles. The molecule has 2 aromatic carbocycles. The van der Waals surface area contributed by atoms with Crippen molar-refractivity contribution >= 4 is 0 Å². The molecule has 0 bridgehead atoms. The number of ether oxygens (including phenoxy) is 1. The maximum atomic E-state index is 5.30. The van der Waals surface area contributed by atoms with Gasteiger partial charge >= 0.3 is 0 Å². The molecule has 0 spiro atoms. The fourth-order valence-corrected chi connectivity index (χ4v) is 4.00. The summed E-state index contributed by atoms with van der Waals surface area (Å²) in [7, 11) is 1.71. The second kappa shape index (κ2) is 7.38. The van der Waals surface area contributed by atoms with Gasteiger partial charge in [-0.25, -0.2) is 0 Å². The first-order valence-electron chi connectivity index (χ1n) is 9.33. The van der Waals surface area contributed by atoms with Gasteiger partial charge in [0.2, 0.25) is 0 Å². The van der Waals surface area contributed by atoms with Crippen LogP contribution in [-0.4, -0.2) is 23.1 Å². The van der Waals surface area contributed by atoms with Gasteiger partial charge in [0.25, 0.3) is 0 Å². The molecule has 4 rings (SSSR count). The standard InChI is InChI=1S/C23H26N2O/c1-18-6-3-7-20(16-18)23-22-8-4-13-24(22)14-5-15-25(23)17-19-9-11-21(26-2)12-10-19/h3-4,6-13,16,23H,5,14-15,17H2,1-2H3/t23-/m0/s1. The highest BCUT2D eigenvalue weighted by Crippen LogP contribution is 2.33. The van der Waals surface area contributed by atoms with Crippen molar-refractivity contribution in [3.8, 4) is 5.75 Å². The molecular formula is C23H26N2O. The molecule has 26 heavy (non-hydrogen) atoms. The minimum atomic E-state index is 0.287. The van der Waals surface area contributed by atoms with Crippen LogP contribution in [0.25, 0.3) is 0 Å². The smallest absolute Gasteiger partial charge is 0.118 e. The lowest BCUT2D eigenvalue weighted by Crippen LogP contribution is -2.29. The highest BCUT2D eigenvalue weighted by molar-refractivity contribution is 5.33. The number of methoxy groups -OCH3 is 1. The van der Waals surface area contributed by atoms with E-state index >= 15 is 0 Å². The number of aryl methyl sites for hydroxylation is 2. The van der Waals surface area contributed by atoms with E-state index < -0.39 is 0 Å². The Kier molecular flexibility index (Phi) is 4.81. The minimum absolute atomic E-state index is 0.287. The lowest BCUT2D eigenvalue weighted by atomic mass is 9.99. The van der Waals surface area contributed by atoms with E-state index in [0.717, 1.165) is 25.4 Å². The Balaban J connectivity index is 1.70. The van der Waals surface area contributed by atoms with Gasteiger partial charge in [0.1, 0.15) is 5.75 Å². The number of benzene rings is 2. The van der Waals surface area contributed by atoms with Crippen molar-refractivity contribution in [3.63, 3.8) is 0 Å². The first-order valence-corrected chi connectivity index (χ1v) is 9.33. The van der Waals surface area contributed by atoms with E-state index in [2.05, 4.69) is 83.3 Å². The average molecular weight is 346 g/mol. The zero-order valence-corrected chi connectivity index (χ0v) is 15.6. The lowest BCUT2D eigenvalue weighted by molar-refractivity contribution is 0.220. The first-order chi connectivity index (χ1) is 12.7. The topological polar surface area (TPSA) is 17.4 Å². The second-order valence-electron chi connectivity index (χ2n) is 7.12. The predicted molar refractivity (Wildman–Crippen MR) is 105 cm³/mol. The van der Waals surface area contributed by atoms with Crippen molar-refractivity contribution in [1.29, 1.82) is 0 Å². The maximum Gasteiger partial charge on any atom is 0.118 e. The van der Waals surface area contributed by atoms with Crippen molar-refractivity contribution in [1.82, 2.24) is 9.47 Å². The molecule has 1 atom stereocenters. The molecule has 3 aromatic rings. The summed E-state index contributed by atoms with van der Waals surface area (Å²) in [4.78, 5) is 2.61. The number of hydrogen-bond donors (Lipinski definition) is 0. The van der Waals surface area contributed by atoms with Gasteiger partial charge in [0.05, 0.1) is 13.2 Å². The highest BCUT2D eigenvalue weighted by Gasteiger charge is 2.27. The third-order valence-electron chi connectivity index (χ3n) is 5.26. The summed E-state index contributed by atoms with van der Waals surface area (Å²) in [6.45, 7) is 5.29. The van der Waals surface area contributed by atoms with Crippen LogP contribution in [-0.2, 0) is 13.1 Å². The van der Waals surface area contributed by atoms with E-state index in [1.54, 1.807) is 7.11 Å². The Morgan fingerprint density at radius 3 is 2.62 bits per heavy atom. The van der Waals surface area contributed by atoms with Crippen LogP contribution in [0.2, 0.25) is 0 Å². The molecule has 3 nitrogen and oxygen atoms in total. The lowest BCUT2D eigenvalue weighted by Gasteiger charge is -2.31. The van der Waals surface area contributed by atoms with Gasteiger partial charge in [-0.1, -0.05) is 42.0 Å². The number of nitrogens with zero attached hydrogens (tertiary/aromatic N) is 2. The Hall–Kier alpha value is -2.52. The summed E-state index contributed by atoms with van der Waals surface area (Å²) in [6, 6.07) is 22.1. The zero-order chi connectivity index (χ0) is 17.9. The Labute approximate surface area is 155 Å². The molecule has 2 heterocycles. The average Bonchev–Trinajstić information content (AvgIpc) is 3.04. The Morgan fingerprint density at radius 2 is 1.85 bits per heavy atom. The molecule has 0 amide bonds. The van der Waals surface area contributed by atoms with Gasteiger partial charge in [0, 0.05) is 31.5 Å². The van der Waals surface area contributed by atoms with Crippen LogP contribution in [0.1, 0.15) is 34.8 Å². The number of hydrogen-bond acceptors (Lipinski definition) is 2. The third-order valence-corrected chi connectivity index (χ3v) is 5.26. The summed E-state index contributed by atoms with van der Waals surface area (Å²) in [5.41, 5.74) is 5.40. The summed E-state index contributed by atoms with van der Waals surface area (Å²) in [5, 5.41) is 0. The summed E-state index contributed by atoms with van der Waals surface area (Å²) >= 11 is 0. The van der Waals surface area contributed by atoms with Crippen molar-refractivity contribution in [2.24, 2.45) is 0 Å². The second-order valence-corrected chi connectivity index (χ2v) is 7.12. The Morgan fingerprint density at radius 1 is 1.00 bits per heavy atom. The summed E-state index contributed by atoms with van der Waals surface area (Å²) in [5.74, 6) is 0.911. The van der Waals surface area contributed by atoms with Crippen LogP contribution < -0.4 is 4.74 Å². The maximum absolute atomic E-state index is 5.30. The van der Waals surface area contributed by atoms with Crippen LogP contribution in [0, 0.1) is 6.92 Å². The zero-order valence-electron chi connectivity index (χ0n) is 15.6. The van der Waals surface area contributed by atoms with Crippen molar-refractivity contribution < 1.29 is 4.74 Å². The molecule has 0 saturated heterocycles. The molecule has 1 aliphatic rings. The van der Waals surface area contributed by atoms with Crippen LogP contribution in [0.3, 0.4) is 0 Å².